The number of rotatable bonds is 8. The first-order valence-electron chi connectivity index (χ1n) is 4.25. The summed E-state index contributed by atoms with van der Waals surface area (Å²) in [5, 5.41) is 44.3. The SMILES string of the molecule is O[CH]C([CH]O)(CO)N(CCO)CCO. The summed E-state index contributed by atoms with van der Waals surface area (Å²) in [6.45, 7) is 0.536. The molecule has 6 nitrogen and oxygen atoms in total. The zero-order valence-electron chi connectivity index (χ0n) is 7.87. The van der Waals surface area contributed by atoms with Gasteiger partial charge in [-0.05, 0) is 0 Å². The molecule has 0 rings (SSSR count). The second-order valence-corrected chi connectivity index (χ2v) is 2.84. The van der Waals surface area contributed by atoms with Crippen molar-refractivity contribution in [2.45, 2.75) is 5.54 Å². The van der Waals surface area contributed by atoms with E-state index in [1.54, 1.807) is 0 Å². The molecule has 0 saturated heterocycles. The molecule has 2 radical (unpaired) electrons. The fourth-order valence-electron chi connectivity index (χ4n) is 1.15. The van der Waals surface area contributed by atoms with Crippen LogP contribution in [0.15, 0.2) is 0 Å². The normalized spacial score (nSPS) is 12.4. The molecule has 0 aliphatic rings. The third-order valence-electron chi connectivity index (χ3n) is 2.03. The van der Waals surface area contributed by atoms with E-state index in [-0.39, 0.29) is 26.3 Å². The van der Waals surface area contributed by atoms with Gasteiger partial charge in [0.1, 0.15) is 18.8 Å². The molecule has 0 aliphatic heterocycles. The largest absolute Gasteiger partial charge is 0.395 e. The zero-order valence-corrected chi connectivity index (χ0v) is 7.87. The molecule has 0 aromatic heterocycles. The lowest BCUT2D eigenvalue weighted by atomic mass is 10.0. The highest BCUT2D eigenvalue weighted by molar-refractivity contribution is 5.02. The predicted molar refractivity (Wildman–Crippen MR) is 48.0 cm³/mol. The summed E-state index contributed by atoms with van der Waals surface area (Å²) in [5.41, 5.74) is -1.43. The highest BCUT2D eigenvalue weighted by Gasteiger charge is 2.35. The standard InChI is InChI=1S/C8H17NO5/c10-3-1-9(2-4-11)8(5-12,6-13)7-14/h5-6,10-14H,1-4,7H2. The number of aliphatic hydroxyl groups is 5. The Balaban J connectivity index is 4.52. The number of hydrogen-bond acceptors (Lipinski definition) is 6. The molecule has 0 atom stereocenters. The first-order chi connectivity index (χ1) is 6.70. The lowest BCUT2D eigenvalue weighted by molar-refractivity contribution is -0.00402. The molecule has 0 bridgehead atoms. The maximum atomic E-state index is 9.01. The molecular weight excluding hydrogens is 190 g/mol. The van der Waals surface area contributed by atoms with E-state index in [1.807, 2.05) is 0 Å². The fourth-order valence-corrected chi connectivity index (χ4v) is 1.15. The van der Waals surface area contributed by atoms with Gasteiger partial charge in [0.2, 0.25) is 0 Å². The Labute approximate surface area is 83.0 Å². The van der Waals surface area contributed by atoms with Crippen LogP contribution in [-0.4, -0.2) is 68.9 Å². The van der Waals surface area contributed by atoms with Crippen molar-refractivity contribution in [3.63, 3.8) is 0 Å². The molecule has 14 heavy (non-hydrogen) atoms. The average molecular weight is 207 g/mol. The van der Waals surface area contributed by atoms with E-state index in [1.165, 1.54) is 4.90 Å². The Kier molecular flexibility index (Phi) is 6.98. The molecule has 0 aliphatic carbocycles. The molecule has 0 heterocycles. The van der Waals surface area contributed by atoms with Crippen molar-refractivity contribution >= 4 is 0 Å². The van der Waals surface area contributed by atoms with Crippen molar-refractivity contribution in [2.75, 3.05) is 32.9 Å². The van der Waals surface area contributed by atoms with Crippen LogP contribution in [0.3, 0.4) is 0 Å². The van der Waals surface area contributed by atoms with Crippen LogP contribution in [0.1, 0.15) is 0 Å². The lowest BCUT2D eigenvalue weighted by Crippen LogP contribution is -2.54. The quantitative estimate of drug-likeness (QED) is 0.317. The minimum absolute atomic E-state index is 0.120. The van der Waals surface area contributed by atoms with Gasteiger partial charge in [-0.3, -0.25) is 4.90 Å². The van der Waals surface area contributed by atoms with Crippen molar-refractivity contribution in [3.05, 3.63) is 13.2 Å². The van der Waals surface area contributed by atoms with Gasteiger partial charge in [0, 0.05) is 13.1 Å². The number of hydrogen-bond donors (Lipinski definition) is 5. The van der Waals surface area contributed by atoms with Crippen molar-refractivity contribution in [2.24, 2.45) is 0 Å². The molecule has 6 heteroatoms. The number of nitrogens with zero attached hydrogens (tertiary/aromatic N) is 1. The van der Waals surface area contributed by atoms with Gasteiger partial charge < -0.3 is 25.5 Å². The van der Waals surface area contributed by atoms with E-state index < -0.39 is 12.1 Å². The van der Waals surface area contributed by atoms with Gasteiger partial charge >= 0.3 is 0 Å². The lowest BCUT2D eigenvalue weighted by Gasteiger charge is -2.38. The summed E-state index contributed by atoms with van der Waals surface area (Å²) in [4.78, 5) is 1.35. The van der Waals surface area contributed by atoms with Crippen molar-refractivity contribution in [1.82, 2.24) is 4.90 Å². The van der Waals surface area contributed by atoms with E-state index >= 15 is 0 Å². The van der Waals surface area contributed by atoms with Gasteiger partial charge in [0.25, 0.3) is 0 Å². The maximum absolute atomic E-state index is 9.01. The van der Waals surface area contributed by atoms with Crippen molar-refractivity contribution in [3.8, 4) is 0 Å². The summed E-state index contributed by atoms with van der Waals surface area (Å²) >= 11 is 0. The number of aliphatic hydroxyl groups excluding tert-OH is 5. The summed E-state index contributed by atoms with van der Waals surface area (Å²) < 4.78 is 0. The summed E-state index contributed by atoms with van der Waals surface area (Å²) in [5.74, 6) is 0. The Bertz CT molecular complexity index is 125. The van der Waals surface area contributed by atoms with Gasteiger partial charge in [-0.15, -0.1) is 0 Å². The van der Waals surface area contributed by atoms with Crippen LogP contribution in [0.5, 0.6) is 0 Å². The third kappa shape index (κ3) is 3.16. The molecule has 0 aromatic carbocycles. The van der Waals surface area contributed by atoms with Crippen LogP contribution < -0.4 is 0 Å². The minimum atomic E-state index is -1.43. The molecule has 84 valence electrons. The van der Waals surface area contributed by atoms with Gasteiger partial charge in [0.05, 0.1) is 19.8 Å². The molecule has 0 saturated carbocycles. The highest BCUT2D eigenvalue weighted by atomic mass is 16.3. The smallest absolute Gasteiger partial charge is 0.105 e. The van der Waals surface area contributed by atoms with Gasteiger partial charge in [-0.2, -0.15) is 0 Å². The average Bonchev–Trinajstić information content (AvgIpc) is 2.22. The maximum Gasteiger partial charge on any atom is 0.105 e. The molecule has 0 unspecified atom stereocenters. The van der Waals surface area contributed by atoms with Gasteiger partial charge in [-0.25, -0.2) is 0 Å². The Morgan fingerprint density at radius 2 is 1.36 bits per heavy atom. The Morgan fingerprint density at radius 3 is 1.57 bits per heavy atom. The molecule has 0 spiro atoms. The fraction of sp³-hybridized carbons (Fsp3) is 0.750. The van der Waals surface area contributed by atoms with Crippen LogP contribution in [0, 0.1) is 13.2 Å². The third-order valence-corrected chi connectivity index (χ3v) is 2.03. The highest BCUT2D eigenvalue weighted by Crippen LogP contribution is 2.19. The van der Waals surface area contributed by atoms with E-state index in [0.29, 0.717) is 13.2 Å². The first kappa shape index (κ1) is 13.8. The van der Waals surface area contributed by atoms with E-state index in [9.17, 15) is 0 Å². The monoisotopic (exact) mass is 207 g/mol. The number of β-amino-alcohol motifs (C(OH)–C–C–N with tert-alkyl or cyclic N) is 2. The second-order valence-electron chi connectivity index (χ2n) is 2.84. The molecular formula is C8H17NO5. The van der Waals surface area contributed by atoms with Crippen LogP contribution in [0.2, 0.25) is 0 Å². The van der Waals surface area contributed by atoms with Crippen LogP contribution in [-0.2, 0) is 0 Å². The van der Waals surface area contributed by atoms with E-state index in [4.69, 9.17) is 25.5 Å². The molecule has 5 N–H and O–H groups in total. The van der Waals surface area contributed by atoms with Crippen molar-refractivity contribution in [1.29, 1.82) is 0 Å². The Morgan fingerprint density at radius 1 is 0.929 bits per heavy atom. The zero-order chi connectivity index (χ0) is 11.0. The van der Waals surface area contributed by atoms with Gasteiger partial charge in [-0.1, -0.05) is 0 Å². The van der Waals surface area contributed by atoms with E-state index in [2.05, 4.69) is 0 Å². The minimum Gasteiger partial charge on any atom is -0.395 e. The molecule has 0 aromatic rings. The first-order valence-corrected chi connectivity index (χ1v) is 4.25. The topological polar surface area (TPSA) is 104 Å². The van der Waals surface area contributed by atoms with Crippen LogP contribution in [0.4, 0.5) is 0 Å². The van der Waals surface area contributed by atoms with Crippen LogP contribution in [0.25, 0.3) is 0 Å². The summed E-state index contributed by atoms with van der Waals surface area (Å²) in [6, 6.07) is 0. The van der Waals surface area contributed by atoms with Gasteiger partial charge in [0.15, 0.2) is 0 Å². The summed E-state index contributed by atoms with van der Waals surface area (Å²) in [6.07, 6.45) is 0. The molecule has 0 fully saturated rings. The van der Waals surface area contributed by atoms with Crippen LogP contribution >= 0.6 is 0 Å². The Hall–Kier alpha value is -0.240. The summed E-state index contributed by atoms with van der Waals surface area (Å²) in [7, 11) is 0. The molecule has 0 amide bonds. The van der Waals surface area contributed by atoms with E-state index in [0.717, 1.165) is 0 Å². The second kappa shape index (κ2) is 7.10. The van der Waals surface area contributed by atoms with Crippen molar-refractivity contribution < 1.29 is 25.5 Å². The predicted octanol–water partition coefficient (Wildman–Crippen LogP) is -1.93.